The van der Waals surface area contributed by atoms with E-state index in [2.05, 4.69) is 24.1 Å². The maximum Gasteiger partial charge on any atom is 0.223 e. The van der Waals surface area contributed by atoms with Crippen molar-refractivity contribution in [2.24, 2.45) is 11.8 Å². The van der Waals surface area contributed by atoms with Gasteiger partial charge in [0.05, 0.1) is 0 Å². The smallest absolute Gasteiger partial charge is 0.223 e. The van der Waals surface area contributed by atoms with Crippen LogP contribution in [0.1, 0.15) is 39.2 Å². The van der Waals surface area contributed by atoms with E-state index in [4.69, 9.17) is 11.6 Å². The molecule has 0 radical (unpaired) electrons. The van der Waals surface area contributed by atoms with Gasteiger partial charge in [0.25, 0.3) is 0 Å². The van der Waals surface area contributed by atoms with Gasteiger partial charge < -0.3 is 5.32 Å². The standard InChI is InChI=1S/C18H26ClFN2O/c1-12(2)13(3)21-18(23)14-7-9-22(10-8-14)11-15-16(19)5-4-6-17(15)20/h4-6,12-14H,7-11H2,1-3H3,(H,21,23)/t13-/m1/s1. The van der Waals surface area contributed by atoms with Crippen molar-refractivity contribution in [3.8, 4) is 0 Å². The molecule has 1 atom stereocenters. The first-order valence-electron chi connectivity index (χ1n) is 8.34. The molecule has 1 saturated heterocycles. The third-order valence-electron chi connectivity index (χ3n) is 4.77. The van der Waals surface area contributed by atoms with Crippen LogP contribution in [0.5, 0.6) is 0 Å². The molecule has 1 aromatic carbocycles. The summed E-state index contributed by atoms with van der Waals surface area (Å²) in [4.78, 5) is 14.4. The van der Waals surface area contributed by atoms with Crippen molar-refractivity contribution in [2.75, 3.05) is 13.1 Å². The van der Waals surface area contributed by atoms with Crippen molar-refractivity contribution in [2.45, 2.75) is 46.2 Å². The van der Waals surface area contributed by atoms with Crippen LogP contribution in [0.15, 0.2) is 18.2 Å². The third-order valence-corrected chi connectivity index (χ3v) is 5.13. The maximum atomic E-state index is 13.9. The second-order valence-corrected chi connectivity index (χ2v) is 7.20. The molecule has 0 aliphatic carbocycles. The summed E-state index contributed by atoms with van der Waals surface area (Å²) >= 11 is 6.08. The summed E-state index contributed by atoms with van der Waals surface area (Å²) in [7, 11) is 0. The number of carbonyl (C=O) groups is 1. The normalized spacial score (nSPS) is 18.2. The molecule has 0 bridgehead atoms. The van der Waals surface area contributed by atoms with Crippen molar-refractivity contribution in [1.82, 2.24) is 10.2 Å². The highest BCUT2D eigenvalue weighted by Gasteiger charge is 2.26. The zero-order chi connectivity index (χ0) is 17.0. The Balaban J connectivity index is 1.85. The Labute approximate surface area is 143 Å². The van der Waals surface area contributed by atoms with Crippen molar-refractivity contribution in [3.63, 3.8) is 0 Å². The van der Waals surface area contributed by atoms with Gasteiger partial charge in [-0.15, -0.1) is 0 Å². The molecule has 23 heavy (non-hydrogen) atoms. The van der Waals surface area contributed by atoms with Gasteiger partial charge in [-0.2, -0.15) is 0 Å². The predicted molar refractivity (Wildman–Crippen MR) is 91.9 cm³/mol. The molecule has 0 spiro atoms. The van der Waals surface area contributed by atoms with Crippen LogP contribution in [0.4, 0.5) is 4.39 Å². The first-order valence-corrected chi connectivity index (χ1v) is 8.72. The quantitative estimate of drug-likeness (QED) is 0.883. The molecule has 128 valence electrons. The van der Waals surface area contributed by atoms with E-state index in [1.54, 1.807) is 12.1 Å². The average Bonchev–Trinajstić information content (AvgIpc) is 2.51. The van der Waals surface area contributed by atoms with E-state index >= 15 is 0 Å². The molecule has 2 rings (SSSR count). The summed E-state index contributed by atoms with van der Waals surface area (Å²) in [5, 5.41) is 3.56. The van der Waals surface area contributed by atoms with Crippen LogP contribution >= 0.6 is 11.6 Å². The lowest BCUT2D eigenvalue weighted by atomic mass is 9.94. The summed E-state index contributed by atoms with van der Waals surface area (Å²) < 4.78 is 13.9. The fourth-order valence-electron chi connectivity index (χ4n) is 2.77. The Morgan fingerprint density at radius 1 is 1.35 bits per heavy atom. The molecular formula is C18H26ClFN2O. The van der Waals surface area contributed by atoms with Crippen LogP contribution in [-0.4, -0.2) is 29.9 Å². The van der Waals surface area contributed by atoms with E-state index in [0.717, 1.165) is 25.9 Å². The van der Waals surface area contributed by atoms with Crippen molar-refractivity contribution in [1.29, 1.82) is 0 Å². The van der Waals surface area contributed by atoms with Gasteiger partial charge in [-0.1, -0.05) is 31.5 Å². The fraction of sp³-hybridized carbons (Fsp3) is 0.611. The van der Waals surface area contributed by atoms with Crippen LogP contribution in [0.3, 0.4) is 0 Å². The number of nitrogens with zero attached hydrogens (tertiary/aromatic N) is 1. The number of nitrogens with one attached hydrogen (secondary N) is 1. The van der Waals surface area contributed by atoms with Crippen LogP contribution in [-0.2, 0) is 11.3 Å². The van der Waals surface area contributed by atoms with Crippen LogP contribution in [0.2, 0.25) is 5.02 Å². The first-order chi connectivity index (χ1) is 10.9. The van der Waals surface area contributed by atoms with E-state index in [0.29, 0.717) is 23.0 Å². The van der Waals surface area contributed by atoms with Gasteiger partial charge in [0.15, 0.2) is 0 Å². The van der Waals surface area contributed by atoms with Gasteiger partial charge in [-0.05, 0) is 50.9 Å². The predicted octanol–water partition coefficient (Wildman–Crippen LogP) is 3.85. The van der Waals surface area contributed by atoms with Crippen LogP contribution in [0.25, 0.3) is 0 Å². The molecule has 3 nitrogen and oxygen atoms in total. The molecule has 0 saturated carbocycles. The zero-order valence-electron chi connectivity index (χ0n) is 14.1. The summed E-state index contributed by atoms with van der Waals surface area (Å²) in [6, 6.07) is 4.97. The fourth-order valence-corrected chi connectivity index (χ4v) is 2.99. The van der Waals surface area contributed by atoms with E-state index in [9.17, 15) is 9.18 Å². The summed E-state index contributed by atoms with van der Waals surface area (Å²) in [5.41, 5.74) is 0.547. The van der Waals surface area contributed by atoms with E-state index in [1.807, 2.05) is 6.92 Å². The van der Waals surface area contributed by atoms with Gasteiger partial charge in [0.1, 0.15) is 5.82 Å². The van der Waals surface area contributed by atoms with E-state index in [-0.39, 0.29) is 23.7 Å². The molecule has 1 heterocycles. The molecule has 5 heteroatoms. The highest BCUT2D eigenvalue weighted by molar-refractivity contribution is 6.31. The van der Waals surface area contributed by atoms with Crippen molar-refractivity contribution in [3.05, 3.63) is 34.6 Å². The number of carbonyl (C=O) groups excluding carboxylic acids is 1. The second-order valence-electron chi connectivity index (χ2n) is 6.79. The largest absolute Gasteiger partial charge is 0.353 e. The summed E-state index contributed by atoms with van der Waals surface area (Å²) in [5.74, 6) is 0.378. The number of hydrogen-bond acceptors (Lipinski definition) is 2. The molecule has 1 N–H and O–H groups in total. The number of halogens is 2. The SMILES string of the molecule is CC(C)[C@@H](C)NC(=O)C1CCN(Cc2c(F)cccc2Cl)CC1. The topological polar surface area (TPSA) is 32.3 Å². The molecule has 1 aromatic rings. The van der Waals surface area contributed by atoms with Gasteiger partial charge in [-0.3, -0.25) is 9.69 Å². The number of benzene rings is 1. The van der Waals surface area contributed by atoms with Gasteiger partial charge >= 0.3 is 0 Å². The average molecular weight is 341 g/mol. The van der Waals surface area contributed by atoms with Gasteiger partial charge in [0, 0.05) is 29.1 Å². The first kappa shape index (κ1) is 18.2. The lowest BCUT2D eigenvalue weighted by Gasteiger charge is -2.32. The monoisotopic (exact) mass is 340 g/mol. The number of amides is 1. The minimum absolute atomic E-state index is 0.0588. The number of rotatable bonds is 5. The van der Waals surface area contributed by atoms with E-state index in [1.165, 1.54) is 6.07 Å². The molecule has 0 aromatic heterocycles. The Morgan fingerprint density at radius 2 is 2.00 bits per heavy atom. The number of likely N-dealkylation sites (tertiary alicyclic amines) is 1. The van der Waals surface area contributed by atoms with Gasteiger partial charge in [-0.25, -0.2) is 4.39 Å². The minimum atomic E-state index is -0.261. The molecule has 1 aliphatic rings. The molecule has 1 fully saturated rings. The Hall–Kier alpha value is -1.13. The second kappa shape index (κ2) is 8.11. The molecule has 1 aliphatic heterocycles. The minimum Gasteiger partial charge on any atom is -0.353 e. The van der Waals surface area contributed by atoms with Crippen LogP contribution in [0, 0.1) is 17.7 Å². The Morgan fingerprint density at radius 3 is 2.57 bits per heavy atom. The van der Waals surface area contributed by atoms with Crippen LogP contribution < -0.4 is 5.32 Å². The van der Waals surface area contributed by atoms with Crippen molar-refractivity contribution < 1.29 is 9.18 Å². The Bertz CT molecular complexity index is 522. The van der Waals surface area contributed by atoms with E-state index < -0.39 is 0 Å². The highest BCUT2D eigenvalue weighted by Crippen LogP contribution is 2.24. The number of hydrogen-bond donors (Lipinski definition) is 1. The number of piperidine rings is 1. The third kappa shape index (κ3) is 4.92. The summed E-state index contributed by atoms with van der Waals surface area (Å²) in [6.07, 6.45) is 1.62. The highest BCUT2D eigenvalue weighted by atomic mass is 35.5. The lowest BCUT2D eigenvalue weighted by molar-refractivity contribution is -0.127. The zero-order valence-corrected chi connectivity index (χ0v) is 14.9. The Kier molecular flexibility index (Phi) is 6.42. The molecular weight excluding hydrogens is 315 g/mol. The molecule has 1 amide bonds. The lowest BCUT2D eigenvalue weighted by Crippen LogP contribution is -2.44. The van der Waals surface area contributed by atoms with Crippen molar-refractivity contribution >= 4 is 17.5 Å². The van der Waals surface area contributed by atoms with Gasteiger partial charge in [0.2, 0.25) is 5.91 Å². The molecule has 0 unspecified atom stereocenters. The maximum absolute atomic E-state index is 13.9. The summed E-state index contributed by atoms with van der Waals surface area (Å²) in [6.45, 7) is 8.33.